The number of allylic oxidation sites excluding steroid dienone is 1. The summed E-state index contributed by atoms with van der Waals surface area (Å²) in [5.74, 6) is 0.585. The standard InChI is InChI=1S/C48H35N3S2/c1-2-13-28(14-3-1)37-27-42-43(33-19-7-6-17-31(33)37)35-21-12-22-36(46(35)53-42)45-47-44(34-20-9-11-24-41(34)52-47)49-48(50-45)51-39-23-10-8-18-32(39)38-25-29-15-4-5-16-30(29)26-40(38)51/h1-21,23-27,36,38,40,45,48-50H,22H2. The summed E-state index contributed by atoms with van der Waals surface area (Å²) in [7, 11) is 0. The predicted octanol–water partition coefficient (Wildman–Crippen LogP) is 10.7. The average molecular weight is 718 g/mol. The quantitative estimate of drug-likeness (QED) is 0.191. The molecule has 2 aliphatic heterocycles. The summed E-state index contributed by atoms with van der Waals surface area (Å²) in [4.78, 5) is 5.54. The highest BCUT2D eigenvalue weighted by molar-refractivity contribution is 7.20. The van der Waals surface area contributed by atoms with Crippen LogP contribution in [0.4, 0.5) is 11.4 Å². The first-order chi connectivity index (χ1) is 26.3. The summed E-state index contributed by atoms with van der Waals surface area (Å²) in [6.07, 6.45) is 10.8. The summed E-state index contributed by atoms with van der Waals surface area (Å²) in [6, 6.07) is 49.6. The molecule has 2 N–H and O–H groups in total. The molecule has 4 heterocycles. The zero-order chi connectivity index (χ0) is 34.6. The Morgan fingerprint density at radius 2 is 1.36 bits per heavy atom. The SMILES string of the molecule is C1=Cc2c(sc3cc(-c4ccccc4)c4ccccc4c23)C(C2NC(N3c4ccccc4C4C=c5ccccc5=CC43)Nc3c2sc2ccccc32)C1. The van der Waals surface area contributed by atoms with E-state index in [1.807, 2.05) is 22.7 Å². The zero-order valence-electron chi connectivity index (χ0n) is 28.9. The third-order valence-electron chi connectivity index (χ3n) is 12.0. The fourth-order valence-electron chi connectivity index (χ4n) is 9.73. The van der Waals surface area contributed by atoms with Gasteiger partial charge in [-0.05, 0) is 68.1 Å². The zero-order valence-corrected chi connectivity index (χ0v) is 30.5. The molecule has 254 valence electrons. The molecule has 12 rings (SSSR count). The molecule has 0 bridgehead atoms. The van der Waals surface area contributed by atoms with E-state index >= 15 is 0 Å². The van der Waals surface area contributed by atoms with Gasteiger partial charge in [0.1, 0.15) is 0 Å². The van der Waals surface area contributed by atoms with Gasteiger partial charge in [0.2, 0.25) is 0 Å². The van der Waals surface area contributed by atoms with E-state index in [1.165, 1.54) is 84.8 Å². The molecular weight excluding hydrogens is 683 g/mol. The smallest absolute Gasteiger partial charge is 0.156 e. The number of hydrogen-bond acceptors (Lipinski definition) is 5. The second-order valence-corrected chi connectivity index (χ2v) is 17.0. The molecule has 0 radical (unpaired) electrons. The molecule has 3 nitrogen and oxygen atoms in total. The van der Waals surface area contributed by atoms with Gasteiger partial charge in [-0.15, -0.1) is 22.7 Å². The van der Waals surface area contributed by atoms with Crippen molar-refractivity contribution in [2.75, 3.05) is 10.2 Å². The van der Waals surface area contributed by atoms with E-state index in [9.17, 15) is 0 Å². The maximum Gasteiger partial charge on any atom is 0.156 e. The van der Waals surface area contributed by atoms with Crippen LogP contribution in [0.3, 0.4) is 0 Å². The van der Waals surface area contributed by atoms with Crippen LogP contribution in [0.5, 0.6) is 0 Å². The molecule has 5 atom stereocenters. The van der Waals surface area contributed by atoms with E-state index in [1.54, 1.807) is 0 Å². The van der Waals surface area contributed by atoms with Crippen LogP contribution in [-0.2, 0) is 0 Å². The minimum absolute atomic E-state index is 0.0918. The lowest BCUT2D eigenvalue weighted by Gasteiger charge is -2.44. The van der Waals surface area contributed by atoms with Crippen molar-refractivity contribution in [1.82, 2.24) is 5.32 Å². The fraction of sp³-hybridized carbons (Fsp3) is 0.125. The number of fused-ring (bicyclic) bond motifs is 12. The highest BCUT2D eigenvalue weighted by atomic mass is 32.1. The lowest BCUT2D eigenvalue weighted by molar-refractivity contribution is 0.381. The van der Waals surface area contributed by atoms with Crippen LogP contribution in [0.15, 0.2) is 140 Å². The summed E-state index contributed by atoms with van der Waals surface area (Å²) in [5, 5.41) is 16.4. The molecule has 0 amide bonds. The lowest BCUT2D eigenvalue weighted by atomic mass is 9.84. The molecule has 8 aromatic rings. The van der Waals surface area contributed by atoms with Gasteiger partial charge >= 0.3 is 0 Å². The van der Waals surface area contributed by atoms with E-state index < -0.39 is 0 Å². The Morgan fingerprint density at radius 3 is 2.25 bits per heavy atom. The molecule has 53 heavy (non-hydrogen) atoms. The maximum atomic E-state index is 4.30. The van der Waals surface area contributed by atoms with Gasteiger partial charge in [0.15, 0.2) is 6.29 Å². The number of para-hydroxylation sites is 1. The van der Waals surface area contributed by atoms with Gasteiger partial charge in [0.05, 0.1) is 17.8 Å². The molecule has 6 aromatic carbocycles. The number of rotatable bonds is 3. The third-order valence-corrected chi connectivity index (χ3v) is 14.6. The van der Waals surface area contributed by atoms with Gasteiger partial charge in [0.25, 0.3) is 0 Å². The van der Waals surface area contributed by atoms with Crippen molar-refractivity contribution >= 4 is 83.2 Å². The Morgan fingerprint density at radius 1 is 0.642 bits per heavy atom. The van der Waals surface area contributed by atoms with Crippen molar-refractivity contribution in [3.63, 3.8) is 0 Å². The first-order valence-corrected chi connectivity index (χ1v) is 20.3. The number of hydrogen-bond donors (Lipinski definition) is 2. The van der Waals surface area contributed by atoms with Crippen LogP contribution in [0, 0.1) is 0 Å². The molecule has 5 unspecified atom stereocenters. The van der Waals surface area contributed by atoms with Gasteiger partial charge in [-0.2, -0.15) is 0 Å². The van der Waals surface area contributed by atoms with E-state index in [4.69, 9.17) is 0 Å². The number of anilines is 2. The van der Waals surface area contributed by atoms with Crippen LogP contribution in [0.1, 0.15) is 45.2 Å². The molecule has 0 fully saturated rings. The maximum absolute atomic E-state index is 4.30. The van der Waals surface area contributed by atoms with Crippen molar-refractivity contribution in [3.8, 4) is 11.1 Å². The molecule has 4 aliphatic rings. The van der Waals surface area contributed by atoms with Crippen molar-refractivity contribution in [2.24, 2.45) is 0 Å². The Hall–Kier alpha value is -5.46. The van der Waals surface area contributed by atoms with E-state index in [-0.39, 0.29) is 18.4 Å². The highest BCUT2D eigenvalue weighted by Crippen LogP contribution is 2.55. The second kappa shape index (κ2) is 11.5. The molecule has 0 spiro atoms. The normalized spacial score (nSPS) is 22.3. The third kappa shape index (κ3) is 4.42. The lowest BCUT2D eigenvalue weighted by Crippen LogP contribution is -2.58. The van der Waals surface area contributed by atoms with Crippen LogP contribution >= 0.6 is 22.7 Å². The van der Waals surface area contributed by atoms with E-state index in [2.05, 4.69) is 173 Å². The van der Waals surface area contributed by atoms with Crippen molar-refractivity contribution in [3.05, 3.63) is 171 Å². The number of nitrogens with zero attached hydrogens (tertiary/aromatic N) is 1. The van der Waals surface area contributed by atoms with Gasteiger partial charge in [-0.25, -0.2) is 0 Å². The molecule has 2 aromatic heterocycles. The summed E-state index contributed by atoms with van der Waals surface area (Å²) in [6.45, 7) is 0. The summed E-state index contributed by atoms with van der Waals surface area (Å²) >= 11 is 3.96. The van der Waals surface area contributed by atoms with Crippen LogP contribution in [0.2, 0.25) is 0 Å². The van der Waals surface area contributed by atoms with Gasteiger partial charge in [-0.1, -0.05) is 140 Å². The van der Waals surface area contributed by atoms with Crippen LogP contribution < -0.4 is 26.0 Å². The Bertz CT molecular complexity index is 2940. The Kier molecular flexibility index (Phi) is 6.53. The Balaban J connectivity index is 1.04. The number of benzene rings is 6. The van der Waals surface area contributed by atoms with E-state index in [0.717, 1.165) is 6.42 Å². The largest absolute Gasteiger partial charge is 0.351 e. The van der Waals surface area contributed by atoms with E-state index in [0.29, 0.717) is 11.8 Å². The molecule has 0 saturated heterocycles. The minimum atomic E-state index is -0.0918. The molecule has 2 aliphatic carbocycles. The van der Waals surface area contributed by atoms with Crippen molar-refractivity contribution in [2.45, 2.75) is 36.6 Å². The summed E-state index contributed by atoms with van der Waals surface area (Å²) in [5.41, 5.74) is 7.97. The van der Waals surface area contributed by atoms with Crippen LogP contribution in [0.25, 0.3) is 60.3 Å². The van der Waals surface area contributed by atoms with Gasteiger partial charge in [0, 0.05) is 47.4 Å². The van der Waals surface area contributed by atoms with Crippen molar-refractivity contribution < 1.29 is 0 Å². The minimum Gasteiger partial charge on any atom is -0.351 e. The number of thiophene rings is 2. The average Bonchev–Trinajstić information content (AvgIpc) is 3.89. The first kappa shape index (κ1) is 30.0. The molecular formula is C48H35N3S2. The van der Waals surface area contributed by atoms with Gasteiger partial charge < -0.3 is 10.2 Å². The molecule has 5 heteroatoms. The second-order valence-electron chi connectivity index (χ2n) is 14.8. The van der Waals surface area contributed by atoms with Crippen LogP contribution in [-0.4, -0.2) is 12.3 Å². The molecule has 0 saturated carbocycles. The first-order valence-electron chi connectivity index (χ1n) is 18.7. The summed E-state index contributed by atoms with van der Waals surface area (Å²) < 4.78 is 2.71. The topological polar surface area (TPSA) is 27.3 Å². The number of nitrogens with one attached hydrogen (secondary N) is 2. The monoisotopic (exact) mass is 717 g/mol. The fourth-order valence-corrected chi connectivity index (χ4v) is 12.4. The van der Waals surface area contributed by atoms with Crippen molar-refractivity contribution in [1.29, 1.82) is 0 Å². The van der Waals surface area contributed by atoms with Gasteiger partial charge in [-0.3, -0.25) is 5.32 Å². The predicted molar refractivity (Wildman–Crippen MR) is 226 cm³/mol. The highest BCUT2D eigenvalue weighted by Gasteiger charge is 2.45. The Labute approximate surface area is 315 Å².